The van der Waals surface area contributed by atoms with Crippen LogP contribution in [0.1, 0.15) is 18.2 Å². The van der Waals surface area contributed by atoms with Gasteiger partial charge in [0.2, 0.25) is 0 Å². The Balaban J connectivity index is 1.95. The molecule has 2 rings (SSSR count). The highest BCUT2D eigenvalue weighted by Gasteiger charge is 2.07. The quantitative estimate of drug-likeness (QED) is 0.600. The number of anilines is 1. The van der Waals surface area contributed by atoms with Gasteiger partial charge in [0.1, 0.15) is 12.0 Å². The number of aromatic nitrogens is 2. The second-order valence-electron chi connectivity index (χ2n) is 5.28. The van der Waals surface area contributed by atoms with Crippen molar-refractivity contribution in [3.63, 3.8) is 0 Å². The first kappa shape index (κ1) is 16.6. The van der Waals surface area contributed by atoms with E-state index in [1.54, 1.807) is 18.6 Å². The normalized spacial score (nSPS) is 12.7. The van der Waals surface area contributed by atoms with Crippen LogP contribution in [0.25, 0.3) is 5.57 Å². The molecule has 2 heterocycles. The first-order valence-corrected chi connectivity index (χ1v) is 7.54. The maximum atomic E-state index is 4.50. The van der Waals surface area contributed by atoms with Gasteiger partial charge in [-0.05, 0) is 49.3 Å². The van der Waals surface area contributed by atoms with Crippen molar-refractivity contribution in [3.8, 4) is 0 Å². The Morgan fingerprint density at radius 3 is 2.70 bits per heavy atom. The third-order valence-electron chi connectivity index (χ3n) is 3.57. The van der Waals surface area contributed by atoms with Crippen molar-refractivity contribution in [1.82, 2.24) is 9.97 Å². The van der Waals surface area contributed by atoms with E-state index in [4.69, 9.17) is 0 Å². The van der Waals surface area contributed by atoms with Gasteiger partial charge < -0.3 is 4.90 Å². The van der Waals surface area contributed by atoms with Crippen LogP contribution < -0.4 is 4.90 Å². The van der Waals surface area contributed by atoms with Gasteiger partial charge >= 0.3 is 0 Å². The molecule has 0 fully saturated rings. The zero-order chi connectivity index (χ0) is 16.7. The molecule has 0 radical (unpaired) electrons. The molecule has 0 saturated carbocycles. The van der Waals surface area contributed by atoms with Crippen molar-refractivity contribution in [2.24, 2.45) is 4.99 Å². The molecule has 1 unspecified atom stereocenters. The minimum absolute atomic E-state index is 0.000554. The number of hydrogen-bond donors (Lipinski definition) is 0. The van der Waals surface area contributed by atoms with E-state index < -0.39 is 0 Å². The van der Waals surface area contributed by atoms with Crippen molar-refractivity contribution < 1.29 is 0 Å². The van der Waals surface area contributed by atoms with Gasteiger partial charge in [-0.3, -0.25) is 9.98 Å². The lowest BCUT2D eigenvalue weighted by Gasteiger charge is -2.22. The van der Waals surface area contributed by atoms with E-state index in [0.717, 1.165) is 22.6 Å². The van der Waals surface area contributed by atoms with E-state index >= 15 is 0 Å². The fraction of sp³-hybridized carbons (Fsp3) is 0.211. The number of allylic oxidation sites excluding steroid dienone is 3. The maximum absolute atomic E-state index is 4.50. The molecule has 2 aromatic rings. The summed E-state index contributed by atoms with van der Waals surface area (Å²) in [7, 11) is 1.98. The van der Waals surface area contributed by atoms with Crippen LogP contribution >= 0.6 is 0 Å². The molecule has 1 atom stereocenters. The number of rotatable bonds is 6. The Morgan fingerprint density at radius 2 is 2.00 bits per heavy atom. The number of aryl methyl sites for hydroxylation is 1. The first-order valence-electron chi connectivity index (χ1n) is 7.54. The number of hydrogen-bond acceptors (Lipinski definition) is 4. The molecule has 4 nitrogen and oxygen atoms in total. The Bertz CT molecular complexity index is 704. The summed E-state index contributed by atoms with van der Waals surface area (Å²) in [5.74, 6) is 0.898. The average Bonchev–Trinajstić information content (AvgIpc) is 2.58. The van der Waals surface area contributed by atoms with Gasteiger partial charge in [0.25, 0.3) is 0 Å². The van der Waals surface area contributed by atoms with Crippen LogP contribution in [0.4, 0.5) is 5.82 Å². The lowest BCUT2D eigenvalue weighted by molar-refractivity contribution is 0.717. The van der Waals surface area contributed by atoms with Gasteiger partial charge in [0.15, 0.2) is 0 Å². The number of aliphatic imine (C=N–C) groups is 1. The van der Waals surface area contributed by atoms with E-state index in [2.05, 4.69) is 21.5 Å². The first-order chi connectivity index (χ1) is 11.1. The highest BCUT2D eigenvalue weighted by atomic mass is 15.2. The van der Waals surface area contributed by atoms with Gasteiger partial charge in [-0.15, -0.1) is 0 Å². The zero-order valence-electron chi connectivity index (χ0n) is 13.8. The molecule has 0 aliphatic carbocycles. The summed E-state index contributed by atoms with van der Waals surface area (Å²) in [6, 6.07) is 9.78. The molecule has 0 amide bonds. The molecule has 23 heavy (non-hydrogen) atoms. The number of nitrogens with zero attached hydrogens (tertiary/aromatic N) is 4. The second kappa shape index (κ2) is 8.03. The molecule has 4 heteroatoms. The van der Waals surface area contributed by atoms with E-state index in [1.165, 1.54) is 0 Å². The highest BCUT2D eigenvalue weighted by molar-refractivity contribution is 5.80. The predicted molar refractivity (Wildman–Crippen MR) is 97.7 cm³/mol. The monoisotopic (exact) mass is 306 g/mol. The molecule has 0 spiro atoms. The lowest BCUT2D eigenvalue weighted by Crippen LogP contribution is -2.27. The van der Waals surface area contributed by atoms with Crippen molar-refractivity contribution in [1.29, 1.82) is 0 Å². The SMILES string of the molecule is C=C(/C=C\C=N/C(C)N(C)c1ccccn1)c1ncccc1C. The number of pyridine rings is 2. The topological polar surface area (TPSA) is 41.4 Å². The Hall–Kier alpha value is -2.75. The third-order valence-corrected chi connectivity index (χ3v) is 3.57. The average molecular weight is 306 g/mol. The molecular weight excluding hydrogens is 284 g/mol. The van der Waals surface area contributed by atoms with Crippen LogP contribution in [0, 0.1) is 6.92 Å². The van der Waals surface area contributed by atoms with E-state index in [1.807, 2.05) is 68.3 Å². The predicted octanol–water partition coefficient (Wildman–Crippen LogP) is 3.91. The zero-order valence-corrected chi connectivity index (χ0v) is 13.8. The van der Waals surface area contributed by atoms with E-state index in [9.17, 15) is 0 Å². The molecule has 0 bridgehead atoms. The lowest BCUT2D eigenvalue weighted by atomic mass is 10.1. The van der Waals surface area contributed by atoms with Gasteiger partial charge in [-0.25, -0.2) is 4.98 Å². The molecule has 0 aliphatic heterocycles. The minimum Gasteiger partial charge on any atom is -0.338 e. The van der Waals surface area contributed by atoms with Crippen molar-refractivity contribution in [3.05, 3.63) is 72.7 Å². The molecule has 2 aromatic heterocycles. The Kier molecular flexibility index (Phi) is 5.80. The summed E-state index contributed by atoms with van der Waals surface area (Å²) in [4.78, 5) is 15.2. The molecule has 0 saturated heterocycles. The van der Waals surface area contributed by atoms with Gasteiger partial charge in [0, 0.05) is 25.7 Å². The Labute approximate surface area is 137 Å². The molecule has 118 valence electrons. The molecule has 0 aromatic carbocycles. The summed E-state index contributed by atoms with van der Waals surface area (Å²) >= 11 is 0. The van der Waals surface area contributed by atoms with Gasteiger partial charge in [-0.2, -0.15) is 0 Å². The molecule has 0 aliphatic rings. The standard InChI is InChI=1S/C19H22N4/c1-15(19-16(2)10-8-14-22-19)9-7-13-20-17(3)23(4)18-11-5-6-12-21-18/h5-14,17H,1H2,2-4H3/b9-7-,20-13-. The van der Waals surface area contributed by atoms with E-state index in [0.29, 0.717) is 0 Å². The van der Waals surface area contributed by atoms with Crippen LogP contribution in [0.15, 0.2) is 66.4 Å². The van der Waals surface area contributed by atoms with Crippen LogP contribution in [-0.2, 0) is 0 Å². The van der Waals surface area contributed by atoms with Crippen molar-refractivity contribution >= 4 is 17.6 Å². The maximum Gasteiger partial charge on any atom is 0.129 e. The fourth-order valence-electron chi connectivity index (χ4n) is 2.09. The van der Waals surface area contributed by atoms with Crippen LogP contribution in [-0.4, -0.2) is 29.4 Å². The molecular formula is C19H22N4. The summed E-state index contributed by atoms with van der Waals surface area (Å²) in [6.45, 7) is 8.11. The van der Waals surface area contributed by atoms with Crippen molar-refractivity contribution in [2.45, 2.75) is 20.0 Å². The highest BCUT2D eigenvalue weighted by Crippen LogP contribution is 2.15. The van der Waals surface area contributed by atoms with Crippen LogP contribution in [0.2, 0.25) is 0 Å². The van der Waals surface area contributed by atoms with Crippen LogP contribution in [0.3, 0.4) is 0 Å². The van der Waals surface area contributed by atoms with Crippen molar-refractivity contribution in [2.75, 3.05) is 11.9 Å². The fourth-order valence-corrected chi connectivity index (χ4v) is 2.09. The minimum atomic E-state index is -0.000554. The largest absolute Gasteiger partial charge is 0.338 e. The van der Waals surface area contributed by atoms with Crippen LogP contribution in [0.5, 0.6) is 0 Å². The Morgan fingerprint density at radius 1 is 1.22 bits per heavy atom. The van der Waals surface area contributed by atoms with E-state index in [-0.39, 0.29) is 6.17 Å². The third kappa shape index (κ3) is 4.61. The summed E-state index contributed by atoms with van der Waals surface area (Å²) in [5.41, 5.74) is 2.90. The van der Waals surface area contributed by atoms with Gasteiger partial charge in [0.05, 0.1) is 5.69 Å². The van der Waals surface area contributed by atoms with Gasteiger partial charge in [-0.1, -0.05) is 24.8 Å². The smallest absolute Gasteiger partial charge is 0.129 e. The summed E-state index contributed by atoms with van der Waals surface area (Å²) in [6.07, 6.45) is 9.15. The summed E-state index contributed by atoms with van der Waals surface area (Å²) in [5, 5.41) is 0. The summed E-state index contributed by atoms with van der Waals surface area (Å²) < 4.78 is 0. The molecule has 0 N–H and O–H groups in total. The second-order valence-corrected chi connectivity index (χ2v) is 5.28.